The minimum Gasteiger partial charge on any atom is -0.480 e. The Morgan fingerprint density at radius 1 is 1.53 bits per heavy atom. The molecule has 2 fully saturated rings. The Kier molecular flexibility index (Phi) is 3.36. The summed E-state index contributed by atoms with van der Waals surface area (Å²) in [5.74, 6) is 0.122. The van der Waals surface area contributed by atoms with Crippen molar-refractivity contribution in [2.45, 2.75) is 25.7 Å². The van der Waals surface area contributed by atoms with Crippen LogP contribution < -0.4 is 0 Å². The van der Waals surface area contributed by atoms with Gasteiger partial charge in [-0.25, -0.2) is 0 Å². The summed E-state index contributed by atoms with van der Waals surface area (Å²) < 4.78 is 0. The number of carbonyl (C=O) groups is 1. The number of carboxylic acid groups (broad SMARTS) is 1. The Morgan fingerprint density at radius 3 is 2.93 bits per heavy atom. The Morgan fingerprint density at radius 2 is 2.33 bits per heavy atom. The molecule has 4 heteroatoms. The highest BCUT2D eigenvalue weighted by Gasteiger charge is 2.43. The molecule has 0 radical (unpaired) electrons. The van der Waals surface area contributed by atoms with Crippen LogP contribution in [-0.2, 0) is 4.79 Å². The Hall–Kier alpha value is -0.0900. The van der Waals surface area contributed by atoms with E-state index in [0.717, 1.165) is 24.3 Å². The minimum absolute atomic E-state index is 0.223. The van der Waals surface area contributed by atoms with E-state index >= 15 is 0 Å². The lowest BCUT2D eigenvalue weighted by molar-refractivity contribution is -0.138. The quantitative estimate of drug-likeness (QED) is 0.801. The number of carboxylic acids is 1. The van der Waals surface area contributed by atoms with Gasteiger partial charge in [0.1, 0.15) is 0 Å². The molecule has 0 unspecified atom stereocenters. The molecule has 0 amide bonds. The van der Waals surface area contributed by atoms with Crippen molar-refractivity contribution in [3.05, 3.63) is 0 Å². The molecule has 1 saturated heterocycles. The van der Waals surface area contributed by atoms with Crippen LogP contribution in [0.4, 0.5) is 0 Å². The van der Waals surface area contributed by atoms with Gasteiger partial charge in [-0.15, -0.1) is 0 Å². The molecule has 2 atom stereocenters. The van der Waals surface area contributed by atoms with Crippen molar-refractivity contribution in [3.8, 4) is 0 Å². The molecule has 2 aliphatic rings. The van der Waals surface area contributed by atoms with Gasteiger partial charge in [-0.3, -0.25) is 9.69 Å². The summed E-state index contributed by atoms with van der Waals surface area (Å²) in [6.45, 7) is 2.20. The van der Waals surface area contributed by atoms with Crippen molar-refractivity contribution in [3.63, 3.8) is 0 Å². The third-order valence-electron chi connectivity index (χ3n) is 3.90. The van der Waals surface area contributed by atoms with E-state index in [1.807, 2.05) is 0 Å². The SMILES string of the molecule is O=C(O)CN1CC[C@]2(CC[C@H](CBr)C2)C1. The fourth-order valence-electron chi connectivity index (χ4n) is 3.18. The fraction of sp³-hybridized carbons (Fsp3) is 0.909. The lowest BCUT2D eigenvalue weighted by Crippen LogP contribution is -2.30. The molecule has 2 rings (SSSR count). The predicted molar refractivity (Wildman–Crippen MR) is 62.3 cm³/mol. The number of halogens is 1. The summed E-state index contributed by atoms with van der Waals surface area (Å²) >= 11 is 3.55. The average molecular weight is 276 g/mol. The largest absolute Gasteiger partial charge is 0.480 e. The summed E-state index contributed by atoms with van der Waals surface area (Å²) in [4.78, 5) is 12.7. The summed E-state index contributed by atoms with van der Waals surface area (Å²) in [5.41, 5.74) is 0.452. The second-order valence-corrected chi connectivity index (χ2v) is 5.77. The van der Waals surface area contributed by atoms with Gasteiger partial charge in [-0.1, -0.05) is 15.9 Å². The van der Waals surface area contributed by atoms with Crippen LogP contribution in [0.3, 0.4) is 0 Å². The number of likely N-dealkylation sites (tertiary alicyclic amines) is 1. The maximum Gasteiger partial charge on any atom is 0.317 e. The zero-order valence-electron chi connectivity index (χ0n) is 8.91. The van der Waals surface area contributed by atoms with Crippen LogP contribution in [0.25, 0.3) is 0 Å². The van der Waals surface area contributed by atoms with Crippen LogP contribution in [-0.4, -0.2) is 40.9 Å². The van der Waals surface area contributed by atoms with E-state index in [1.165, 1.54) is 25.7 Å². The van der Waals surface area contributed by atoms with Crippen LogP contribution in [0.1, 0.15) is 25.7 Å². The van der Waals surface area contributed by atoms with Gasteiger partial charge in [0.25, 0.3) is 0 Å². The van der Waals surface area contributed by atoms with E-state index in [4.69, 9.17) is 5.11 Å². The van der Waals surface area contributed by atoms with Gasteiger partial charge in [0, 0.05) is 11.9 Å². The first-order valence-electron chi connectivity index (χ1n) is 5.64. The molecule has 0 aromatic heterocycles. The van der Waals surface area contributed by atoms with Crippen LogP contribution in [0.5, 0.6) is 0 Å². The van der Waals surface area contributed by atoms with Crippen LogP contribution in [0, 0.1) is 11.3 Å². The number of rotatable bonds is 3. The minimum atomic E-state index is -0.693. The molecule has 1 heterocycles. The van der Waals surface area contributed by atoms with Gasteiger partial charge < -0.3 is 5.11 Å². The molecule has 1 spiro atoms. The van der Waals surface area contributed by atoms with Gasteiger partial charge in [0.15, 0.2) is 0 Å². The molecule has 1 N–H and O–H groups in total. The molecule has 1 saturated carbocycles. The van der Waals surface area contributed by atoms with Crippen LogP contribution in [0.2, 0.25) is 0 Å². The summed E-state index contributed by atoms with van der Waals surface area (Å²) in [7, 11) is 0. The van der Waals surface area contributed by atoms with Crippen molar-refractivity contribution in [2.24, 2.45) is 11.3 Å². The second-order valence-electron chi connectivity index (χ2n) is 5.12. The molecular weight excluding hydrogens is 258 g/mol. The van der Waals surface area contributed by atoms with E-state index in [2.05, 4.69) is 20.8 Å². The van der Waals surface area contributed by atoms with E-state index in [-0.39, 0.29) is 6.54 Å². The van der Waals surface area contributed by atoms with Crippen molar-refractivity contribution in [1.82, 2.24) is 4.90 Å². The standard InChI is InChI=1S/C11H18BrNO2/c12-6-9-1-2-11(5-9)3-4-13(8-11)7-10(14)15/h9H,1-8H2,(H,14,15)/t9-,11-/m0/s1. The zero-order valence-corrected chi connectivity index (χ0v) is 10.5. The summed E-state index contributed by atoms with van der Waals surface area (Å²) in [5, 5.41) is 9.86. The van der Waals surface area contributed by atoms with Gasteiger partial charge in [0.2, 0.25) is 0 Å². The molecular formula is C11H18BrNO2. The van der Waals surface area contributed by atoms with Crippen LogP contribution >= 0.6 is 15.9 Å². The fourth-order valence-corrected chi connectivity index (χ4v) is 3.74. The van der Waals surface area contributed by atoms with Crippen molar-refractivity contribution in [2.75, 3.05) is 25.0 Å². The van der Waals surface area contributed by atoms with E-state index in [9.17, 15) is 4.79 Å². The number of aliphatic carboxylic acids is 1. The third-order valence-corrected chi connectivity index (χ3v) is 4.81. The zero-order chi connectivity index (χ0) is 10.9. The van der Waals surface area contributed by atoms with Gasteiger partial charge in [-0.05, 0) is 43.6 Å². The summed E-state index contributed by atoms with van der Waals surface area (Å²) in [6, 6.07) is 0. The highest BCUT2D eigenvalue weighted by Crippen LogP contribution is 2.48. The van der Waals surface area contributed by atoms with Crippen LogP contribution in [0.15, 0.2) is 0 Å². The first-order valence-corrected chi connectivity index (χ1v) is 6.76. The lowest BCUT2D eigenvalue weighted by atomic mass is 9.85. The number of alkyl halides is 1. The highest BCUT2D eigenvalue weighted by molar-refractivity contribution is 9.09. The smallest absolute Gasteiger partial charge is 0.317 e. The third kappa shape index (κ3) is 2.53. The van der Waals surface area contributed by atoms with E-state index < -0.39 is 5.97 Å². The molecule has 15 heavy (non-hydrogen) atoms. The second kappa shape index (κ2) is 4.42. The average Bonchev–Trinajstić information content (AvgIpc) is 2.74. The first-order chi connectivity index (χ1) is 7.13. The molecule has 0 aromatic rings. The van der Waals surface area contributed by atoms with Gasteiger partial charge in [0.05, 0.1) is 6.54 Å². The Labute approximate surface area is 99.0 Å². The number of nitrogens with zero attached hydrogens (tertiary/aromatic N) is 1. The molecule has 1 aliphatic carbocycles. The maximum atomic E-state index is 10.6. The molecule has 0 bridgehead atoms. The predicted octanol–water partition coefficient (Wildman–Crippen LogP) is 1.96. The maximum absolute atomic E-state index is 10.6. The number of hydrogen-bond acceptors (Lipinski definition) is 2. The summed E-state index contributed by atoms with van der Waals surface area (Å²) in [6.07, 6.45) is 5.09. The molecule has 1 aliphatic heterocycles. The first kappa shape index (κ1) is 11.4. The van der Waals surface area contributed by atoms with E-state index in [1.54, 1.807) is 0 Å². The monoisotopic (exact) mass is 275 g/mol. The Bertz CT molecular complexity index is 259. The molecule has 86 valence electrons. The van der Waals surface area contributed by atoms with Crippen molar-refractivity contribution >= 4 is 21.9 Å². The Balaban J connectivity index is 1.89. The molecule has 0 aromatic carbocycles. The topological polar surface area (TPSA) is 40.5 Å². The lowest BCUT2D eigenvalue weighted by Gasteiger charge is -2.23. The normalized spacial score (nSPS) is 36.5. The van der Waals surface area contributed by atoms with Gasteiger partial charge >= 0.3 is 5.97 Å². The highest BCUT2D eigenvalue weighted by atomic mass is 79.9. The van der Waals surface area contributed by atoms with Crippen molar-refractivity contribution < 1.29 is 9.90 Å². The van der Waals surface area contributed by atoms with E-state index in [0.29, 0.717) is 5.41 Å². The van der Waals surface area contributed by atoms with Gasteiger partial charge in [-0.2, -0.15) is 0 Å². The number of hydrogen-bond donors (Lipinski definition) is 1. The van der Waals surface area contributed by atoms with Crippen molar-refractivity contribution in [1.29, 1.82) is 0 Å². The molecule has 3 nitrogen and oxygen atoms in total.